The van der Waals surface area contributed by atoms with Crippen molar-refractivity contribution < 1.29 is 28.4 Å². The van der Waals surface area contributed by atoms with E-state index in [1.807, 2.05) is 0 Å². The van der Waals surface area contributed by atoms with Crippen LogP contribution in [-0.4, -0.2) is 41.1 Å². The van der Waals surface area contributed by atoms with E-state index < -0.39 is 18.8 Å². The molecule has 2 fully saturated rings. The second kappa shape index (κ2) is 8.48. The summed E-state index contributed by atoms with van der Waals surface area (Å²) in [7, 11) is -2.45. The fourth-order valence-corrected chi connectivity index (χ4v) is 6.92. The Morgan fingerprint density at radius 1 is 1.19 bits per heavy atom. The zero-order chi connectivity index (χ0) is 23.1. The van der Waals surface area contributed by atoms with Crippen LogP contribution in [0.2, 0.25) is 0 Å². The van der Waals surface area contributed by atoms with Crippen molar-refractivity contribution in [3.63, 3.8) is 0 Å². The van der Waals surface area contributed by atoms with E-state index in [0.29, 0.717) is 24.6 Å². The van der Waals surface area contributed by atoms with Crippen LogP contribution in [-0.2, 0) is 13.8 Å². The predicted molar refractivity (Wildman–Crippen MR) is 119 cm³/mol. The van der Waals surface area contributed by atoms with Crippen molar-refractivity contribution in [3.8, 4) is 11.1 Å². The Hall–Kier alpha value is -2.45. The maximum Gasteiger partial charge on any atom is 0.448 e. The molecule has 1 aliphatic carbocycles. The number of methoxy groups -OCH3 is 1. The van der Waals surface area contributed by atoms with Gasteiger partial charge in [-0.25, -0.2) is 4.79 Å². The number of aromatic nitrogens is 1. The molecule has 32 heavy (non-hydrogen) atoms. The smallest absolute Gasteiger partial charge is 0.448 e. The van der Waals surface area contributed by atoms with Crippen LogP contribution in [0.25, 0.3) is 11.1 Å². The van der Waals surface area contributed by atoms with E-state index in [0.717, 1.165) is 25.7 Å². The first-order valence-electron chi connectivity index (χ1n) is 10.5. The van der Waals surface area contributed by atoms with Crippen LogP contribution in [0, 0.1) is 29.4 Å². The molecular formula is C22H26N2O7P+. The van der Waals surface area contributed by atoms with Crippen LogP contribution in [0.15, 0.2) is 24.3 Å². The Morgan fingerprint density at radius 3 is 2.41 bits per heavy atom. The minimum Gasteiger partial charge on any atom is -0.465 e. The Labute approximate surface area is 186 Å². The number of ether oxygens (including phenoxy) is 1. The van der Waals surface area contributed by atoms with Gasteiger partial charge in [-0.3, -0.25) is 15.1 Å². The number of hydrogen-bond acceptors (Lipinski definition) is 8. The van der Waals surface area contributed by atoms with E-state index >= 15 is 0 Å². The SMILES string of the molecule is COC(=O)c1c(C)nc(C)c([P+]2(O)OCC3(CCCC3)CO2)c1-c1ccccc1[N+](=O)[O-]. The highest BCUT2D eigenvalue weighted by molar-refractivity contribution is 7.69. The summed E-state index contributed by atoms with van der Waals surface area (Å²) < 4.78 is 17.0. The minimum absolute atomic E-state index is 0.0455. The molecule has 1 saturated carbocycles. The lowest BCUT2D eigenvalue weighted by atomic mass is 9.89. The van der Waals surface area contributed by atoms with Gasteiger partial charge in [-0.05, 0) is 32.8 Å². The van der Waals surface area contributed by atoms with Crippen LogP contribution in [0.4, 0.5) is 5.69 Å². The van der Waals surface area contributed by atoms with Crippen LogP contribution in [0.1, 0.15) is 47.4 Å². The van der Waals surface area contributed by atoms with Crippen molar-refractivity contribution >= 4 is 24.9 Å². The van der Waals surface area contributed by atoms with E-state index in [1.54, 1.807) is 26.0 Å². The number of para-hydroxylation sites is 1. The number of nitro benzene ring substituents is 1. The highest BCUT2D eigenvalue weighted by Crippen LogP contribution is 2.64. The van der Waals surface area contributed by atoms with Crippen LogP contribution < -0.4 is 5.30 Å². The van der Waals surface area contributed by atoms with Crippen LogP contribution in [0.5, 0.6) is 0 Å². The van der Waals surface area contributed by atoms with E-state index in [2.05, 4.69) is 4.98 Å². The summed E-state index contributed by atoms with van der Waals surface area (Å²) in [5.74, 6) is -0.708. The van der Waals surface area contributed by atoms with Crippen molar-refractivity contribution in [1.29, 1.82) is 0 Å². The zero-order valence-corrected chi connectivity index (χ0v) is 19.2. The van der Waals surface area contributed by atoms with Crippen molar-refractivity contribution in [1.82, 2.24) is 4.98 Å². The van der Waals surface area contributed by atoms with Crippen molar-refractivity contribution in [2.24, 2.45) is 5.41 Å². The van der Waals surface area contributed by atoms with Gasteiger partial charge in [-0.2, -0.15) is 13.9 Å². The second-order valence-corrected chi connectivity index (χ2v) is 10.4. The van der Waals surface area contributed by atoms with Crippen molar-refractivity contribution in [2.45, 2.75) is 39.5 Å². The largest absolute Gasteiger partial charge is 0.465 e. The van der Waals surface area contributed by atoms with Gasteiger partial charge in [0.2, 0.25) is 5.30 Å². The predicted octanol–water partition coefficient (Wildman–Crippen LogP) is 4.05. The maximum atomic E-state index is 12.8. The quantitative estimate of drug-likeness (QED) is 0.313. The topological polar surface area (TPSA) is 121 Å². The third kappa shape index (κ3) is 3.79. The molecular weight excluding hydrogens is 435 g/mol. The molecule has 1 spiro atoms. The molecule has 170 valence electrons. The summed E-state index contributed by atoms with van der Waals surface area (Å²) in [6, 6.07) is 6.07. The van der Waals surface area contributed by atoms with Crippen molar-refractivity contribution in [3.05, 3.63) is 51.3 Å². The number of carbonyl (C=O) groups is 1. The molecule has 0 bridgehead atoms. The first-order chi connectivity index (χ1) is 15.2. The van der Waals surface area contributed by atoms with E-state index in [4.69, 9.17) is 13.8 Å². The lowest BCUT2D eigenvalue weighted by Gasteiger charge is -2.35. The lowest BCUT2D eigenvalue weighted by Crippen LogP contribution is -2.38. The Bertz CT molecular complexity index is 1070. The molecule has 1 aromatic heterocycles. The first kappa shape index (κ1) is 22.7. The first-order valence-corrected chi connectivity index (χ1v) is 12.0. The maximum absolute atomic E-state index is 12.8. The Morgan fingerprint density at radius 2 is 1.81 bits per heavy atom. The van der Waals surface area contributed by atoms with Gasteiger partial charge < -0.3 is 4.74 Å². The fraction of sp³-hybridized carbons (Fsp3) is 0.455. The summed E-state index contributed by atoms with van der Waals surface area (Å²) in [5, 5.41) is 12.0. The van der Waals surface area contributed by atoms with E-state index in [-0.39, 0.29) is 33.1 Å². The highest BCUT2D eigenvalue weighted by Gasteiger charge is 2.57. The number of hydrogen-bond donors (Lipinski definition) is 1. The van der Waals surface area contributed by atoms with E-state index in [1.165, 1.54) is 19.2 Å². The number of nitro groups is 1. The molecule has 1 N–H and O–H groups in total. The highest BCUT2D eigenvalue weighted by atomic mass is 31.2. The summed E-state index contributed by atoms with van der Waals surface area (Å²) in [5.41, 5.74) is 0.783. The molecule has 10 heteroatoms. The van der Waals surface area contributed by atoms with Crippen molar-refractivity contribution in [2.75, 3.05) is 20.3 Å². The fourth-order valence-electron chi connectivity index (χ4n) is 4.72. The normalized spacial score (nSPS) is 19.1. The number of rotatable bonds is 4. The van der Waals surface area contributed by atoms with Gasteiger partial charge in [0, 0.05) is 11.5 Å². The molecule has 1 saturated heterocycles. The molecule has 2 aromatic rings. The van der Waals surface area contributed by atoms with Gasteiger partial charge in [-0.1, -0.05) is 25.0 Å². The second-order valence-electron chi connectivity index (χ2n) is 8.42. The van der Waals surface area contributed by atoms with Gasteiger partial charge in [0.25, 0.3) is 5.69 Å². The van der Waals surface area contributed by atoms with Crippen LogP contribution >= 0.6 is 7.94 Å². The monoisotopic (exact) mass is 461 g/mol. The molecule has 4 rings (SSSR count). The Kier molecular flexibility index (Phi) is 6.02. The summed E-state index contributed by atoms with van der Waals surface area (Å²) in [6.07, 6.45) is 4.09. The number of aryl methyl sites for hydroxylation is 2. The standard InChI is InChI=1S/C22H26N2O7P/c1-14-18(21(25)29-3)19(16-8-4-5-9-17(16)24(26)27)20(15(2)23-14)32(28)30-12-22(13-31-32)10-6-7-11-22/h4-5,8-9,28H,6-7,10-13H2,1-3H3/q+1. The lowest BCUT2D eigenvalue weighted by molar-refractivity contribution is -0.384. The van der Waals surface area contributed by atoms with Gasteiger partial charge in [0.1, 0.15) is 13.2 Å². The van der Waals surface area contributed by atoms with Gasteiger partial charge in [-0.15, -0.1) is 0 Å². The third-order valence-corrected chi connectivity index (χ3v) is 8.40. The third-order valence-electron chi connectivity index (χ3n) is 6.32. The molecule has 0 unspecified atom stereocenters. The number of carbonyl (C=O) groups excluding carboxylic acids is 1. The summed E-state index contributed by atoms with van der Waals surface area (Å²) in [6.45, 7) is 3.95. The molecule has 0 amide bonds. The van der Waals surface area contributed by atoms with Crippen LogP contribution in [0.3, 0.4) is 0 Å². The molecule has 0 atom stereocenters. The summed E-state index contributed by atoms with van der Waals surface area (Å²) in [4.78, 5) is 40.1. The number of pyridine rings is 1. The Balaban J connectivity index is 1.96. The number of nitrogens with zero attached hydrogens (tertiary/aromatic N) is 2. The van der Waals surface area contributed by atoms with Gasteiger partial charge in [0.05, 0.1) is 40.1 Å². The molecule has 1 aliphatic heterocycles. The number of benzene rings is 1. The zero-order valence-electron chi connectivity index (χ0n) is 18.3. The molecule has 0 radical (unpaired) electrons. The summed E-state index contributed by atoms with van der Waals surface area (Å²) >= 11 is 0. The van der Waals surface area contributed by atoms with E-state index in [9.17, 15) is 19.8 Å². The average Bonchev–Trinajstić information content (AvgIpc) is 3.23. The molecule has 1 aromatic carbocycles. The molecule has 9 nitrogen and oxygen atoms in total. The van der Waals surface area contributed by atoms with Gasteiger partial charge >= 0.3 is 13.9 Å². The average molecular weight is 461 g/mol. The molecule has 2 heterocycles. The number of esters is 1. The molecule has 2 aliphatic rings. The minimum atomic E-state index is -3.67. The van der Waals surface area contributed by atoms with Gasteiger partial charge in [0.15, 0.2) is 0 Å².